The van der Waals surface area contributed by atoms with Gasteiger partial charge in [0.2, 0.25) is 0 Å². The molecule has 0 aliphatic carbocycles. The number of carbonyl (C=O) groups excluding carboxylic acids is 1. The van der Waals surface area contributed by atoms with E-state index >= 15 is 0 Å². The third kappa shape index (κ3) is 2900. The van der Waals surface area contributed by atoms with Crippen LogP contribution in [0.3, 0.4) is 0 Å². The van der Waals surface area contributed by atoms with Crippen LogP contribution in [0.15, 0.2) is 0 Å². The maximum Gasteiger partial charge on any atom is 1.00 e. The van der Waals surface area contributed by atoms with E-state index in [9.17, 15) is 0 Å². The predicted octanol–water partition coefficient (Wildman–Crippen LogP) is -4.18. The molecule has 0 fully saturated rings. The van der Waals surface area contributed by atoms with Gasteiger partial charge < -0.3 is 12.9 Å². The molecule has 0 heterocycles. The van der Waals surface area contributed by atoms with Gasteiger partial charge in [-0.1, -0.05) is 0 Å². The molecule has 0 bridgehead atoms. The fourth-order valence-corrected chi connectivity index (χ4v) is 0. The van der Waals surface area contributed by atoms with Crippen molar-refractivity contribution in [1.29, 1.82) is 0 Å². The normalized spacial score (nSPS) is 6.56. The van der Waals surface area contributed by atoms with Gasteiger partial charge in [-0.3, -0.25) is 9.11 Å². The van der Waals surface area contributed by atoms with Crippen molar-refractivity contribution in [2.75, 3.05) is 0 Å². The molecule has 9 heavy (non-hydrogen) atoms. The van der Waals surface area contributed by atoms with E-state index in [-0.39, 0.29) is 31.0 Å². The molecule has 0 unspecified atom stereocenters. The summed E-state index contributed by atoms with van der Waals surface area (Å²) < 4.78 is 22.8. The van der Waals surface area contributed by atoms with Crippen molar-refractivity contribution in [3.05, 3.63) is 0 Å². The zero-order chi connectivity index (χ0) is 7.15. The Morgan fingerprint density at radius 3 is 1.44 bits per heavy atom. The maximum atomic E-state index is 9.00. The first-order chi connectivity index (χ1) is 3.46. The van der Waals surface area contributed by atoms with Gasteiger partial charge in [0.05, 0.1) is 0 Å². The number of carbonyl (C=O) groups is 1. The van der Waals surface area contributed by atoms with Crippen LogP contribution in [-0.4, -0.2) is 19.3 Å². The van der Waals surface area contributed by atoms with Crippen LogP contribution >= 0.6 is 0 Å². The van der Waals surface area contributed by atoms with Crippen LogP contribution in [0, 0.1) is 0 Å². The van der Waals surface area contributed by atoms with Crippen molar-refractivity contribution in [1.82, 2.24) is 0 Å². The van der Waals surface area contributed by atoms with E-state index in [0.717, 1.165) is 0 Å². The van der Waals surface area contributed by atoms with Crippen molar-refractivity contribution in [3.8, 4) is 0 Å². The first kappa shape index (κ1) is 16.2. The number of nitrogens with two attached hydrogens (primary N) is 2. The average Bonchev–Trinajstić information content (AvgIpc) is 1.25. The van der Waals surface area contributed by atoms with Gasteiger partial charge >= 0.3 is 35.6 Å². The summed E-state index contributed by atoms with van der Waals surface area (Å²) in [6, 6.07) is -0.833. The second-order valence-corrected chi connectivity index (χ2v) is 1.09. The molecule has 0 saturated heterocycles. The zero-order valence-electron chi connectivity index (χ0n) is 5.77. The number of primary amides is 2. The molecule has 0 aromatic carbocycles. The molecule has 0 rings (SSSR count). The van der Waals surface area contributed by atoms with Crippen molar-refractivity contribution in [3.63, 3.8) is 0 Å². The molecule has 0 atom stereocenters. The third-order valence-corrected chi connectivity index (χ3v) is 0. The van der Waals surface area contributed by atoms with E-state index in [1.165, 1.54) is 0 Å². The van der Waals surface area contributed by atoms with Crippen molar-refractivity contribution in [2.24, 2.45) is 11.5 Å². The van der Waals surface area contributed by atoms with E-state index in [1.807, 2.05) is 0 Å². The minimum Gasteiger partial charge on any atom is -1.00 e. The standard InChI is InChI=1S/CH4N2O.Na.H2O3S.H/c2-1(3)4;;1-4(2)3;/h(H4,2,3,4);;(H2,1,2,3);/q;+1;;-1. The number of amides is 2. The van der Waals surface area contributed by atoms with Crippen molar-refractivity contribution < 1.29 is 49.1 Å². The SMILES string of the molecule is NC(N)=O.O=S(O)O.[H-].[Na+]. The zero-order valence-corrected chi connectivity index (χ0v) is 7.59. The van der Waals surface area contributed by atoms with Crippen LogP contribution in [0.25, 0.3) is 0 Å². The molecule has 0 radical (unpaired) electrons. The van der Waals surface area contributed by atoms with Crippen LogP contribution in [0.4, 0.5) is 4.79 Å². The van der Waals surface area contributed by atoms with Crippen LogP contribution < -0.4 is 41.0 Å². The average molecular weight is 166 g/mol. The summed E-state index contributed by atoms with van der Waals surface area (Å²) in [6.07, 6.45) is 0. The van der Waals surface area contributed by atoms with Crippen LogP contribution in [0.5, 0.6) is 0 Å². The van der Waals surface area contributed by atoms with Crippen LogP contribution in [-0.2, 0) is 11.4 Å². The molecule has 0 aromatic rings. The summed E-state index contributed by atoms with van der Waals surface area (Å²) in [6.45, 7) is 0. The molecular formula is CH7N2NaO4S. The summed E-state index contributed by atoms with van der Waals surface area (Å²) in [5.74, 6) is 0. The summed E-state index contributed by atoms with van der Waals surface area (Å²) in [7, 11) is 0. The summed E-state index contributed by atoms with van der Waals surface area (Å²) in [4.78, 5) is 9.00. The Morgan fingerprint density at radius 1 is 1.44 bits per heavy atom. The summed E-state index contributed by atoms with van der Waals surface area (Å²) in [5.41, 5.74) is 8.50. The van der Waals surface area contributed by atoms with Gasteiger partial charge in [0.25, 0.3) is 11.4 Å². The molecule has 6 N–H and O–H groups in total. The van der Waals surface area contributed by atoms with E-state index in [0.29, 0.717) is 0 Å². The summed E-state index contributed by atoms with van der Waals surface area (Å²) in [5, 5.41) is 0. The first-order valence-corrected chi connectivity index (χ1v) is 2.38. The second-order valence-electron chi connectivity index (χ2n) is 0.633. The topological polar surface area (TPSA) is 127 Å². The van der Waals surface area contributed by atoms with Gasteiger partial charge in [0, 0.05) is 0 Å². The van der Waals surface area contributed by atoms with E-state index in [4.69, 9.17) is 18.1 Å². The molecule has 0 aromatic heterocycles. The Bertz CT molecular complexity index is 81.3. The Morgan fingerprint density at radius 2 is 1.44 bits per heavy atom. The fraction of sp³-hybridized carbons (Fsp3) is 0. The molecule has 0 spiro atoms. The third-order valence-electron chi connectivity index (χ3n) is 0. The van der Waals surface area contributed by atoms with E-state index < -0.39 is 17.4 Å². The van der Waals surface area contributed by atoms with E-state index in [1.54, 1.807) is 0 Å². The van der Waals surface area contributed by atoms with Crippen molar-refractivity contribution in [2.45, 2.75) is 0 Å². The molecule has 52 valence electrons. The molecular weight excluding hydrogens is 159 g/mol. The predicted molar refractivity (Wildman–Crippen MR) is 28.3 cm³/mol. The van der Waals surface area contributed by atoms with E-state index in [2.05, 4.69) is 11.5 Å². The van der Waals surface area contributed by atoms with Gasteiger partial charge in [-0.15, -0.1) is 0 Å². The Balaban J connectivity index is -0.0000000300. The van der Waals surface area contributed by atoms with Crippen LogP contribution in [0.1, 0.15) is 1.43 Å². The minimum atomic E-state index is -2.61. The Labute approximate surface area is 77.9 Å². The molecule has 0 saturated carbocycles. The number of hydrogen-bond donors (Lipinski definition) is 4. The number of hydrogen-bond acceptors (Lipinski definition) is 2. The van der Waals surface area contributed by atoms with Gasteiger partial charge in [0.1, 0.15) is 0 Å². The molecule has 6 nitrogen and oxygen atoms in total. The summed E-state index contributed by atoms with van der Waals surface area (Å²) >= 11 is -2.61. The van der Waals surface area contributed by atoms with Crippen molar-refractivity contribution >= 4 is 17.4 Å². The molecule has 0 aliphatic rings. The largest absolute Gasteiger partial charge is 1.00 e. The number of urea groups is 1. The van der Waals surface area contributed by atoms with Gasteiger partial charge in [-0.05, 0) is 0 Å². The van der Waals surface area contributed by atoms with Gasteiger partial charge in [-0.2, -0.15) is 4.21 Å². The molecule has 0 aliphatic heterocycles. The minimum absolute atomic E-state index is 0. The number of rotatable bonds is 0. The smallest absolute Gasteiger partial charge is 1.00 e. The Kier molecular flexibility index (Phi) is 20.1. The maximum absolute atomic E-state index is 9.00. The first-order valence-electron chi connectivity index (χ1n) is 1.31. The molecule has 8 heteroatoms. The second kappa shape index (κ2) is 11.2. The Hall–Kier alpha value is 0.340. The van der Waals surface area contributed by atoms with Crippen LogP contribution in [0.2, 0.25) is 0 Å². The fourth-order valence-electron chi connectivity index (χ4n) is 0. The van der Waals surface area contributed by atoms with Gasteiger partial charge in [-0.25, -0.2) is 4.79 Å². The monoisotopic (exact) mass is 166 g/mol. The van der Waals surface area contributed by atoms with Gasteiger partial charge in [0.15, 0.2) is 0 Å². The molecule has 2 amide bonds. The quantitative estimate of drug-likeness (QED) is 0.215.